The summed E-state index contributed by atoms with van der Waals surface area (Å²) in [6.45, 7) is 1.13. The van der Waals surface area contributed by atoms with Gasteiger partial charge in [0.25, 0.3) is 5.92 Å². The average molecular weight is 431 g/mol. The summed E-state index contributed by atoms with van der Waals surface area (Å²) in [6.07, 6.45) is 6.57. The number of likely N-dealkylation sites (tertiary alicyclic amines) is 1. The topological polar surface area (TPSA) is 98.1 Å². The number of halogens is 2. The van der Waals surface area contributed by atoms with E-state index in [4.69, 9.17) is 0 Å². The molecule has 1 saturated heterocycles. The highest BCUT2D eigenvalue weighted by Crippen LogP contribution is 2.53. The van der Waals surface area contributed by atoms with Crippen molar-refractivity contribution in [3.63, 3.8) is 0 Å². The number of hydrogen-bond acceptors (Lipinski definition) is 4. The summed E-state index contributed by atoms with van der Waals surface area (Å²) in [4.78, 5) is 31.0. The van der Waals surface area contributed by atoms with Crippen LogP contribution in [0.5, 0.6) is 0 Å². The second-order valence-corrected chi connectivity index (χ2v) is 9.27. The summed E-state index contributed by atoms with van der Waals surface area (Å²) >= 11 is 0. The van der Waals surface area contributed by atoms with Gasteiger partial charge in [-0.2, -0.15) is 5.26 Å². The minimum atomic E-state index is -3.23. The number of nitriles is 1. The molecule has 4 rings (SSSR count). The van der Waals surface area contributed by atoms with Crippen molar-refractivity contribution in [3.8, 4) is 6.07 Å². The number of nitrogens with zero attached hydrogens (tertiary/aromatic N) is 3. The quantitative estimate of drug-likeness (QED) is 0.694. The van der Waals surface area contributed by atoms with Crippen LogP contribution in [-0.4, -0.2) is 52.4 Å². The molecule has 1 unspecified atom stereocenters. The molecule has 1 aromatic rings. The van der Waals surface area contributed by atoms with Gasteiger partial charge in [-0.05, 0) is 55.6 Å². The molecule has 3 amide bonds. The predicted octanol–water partition coefficient (Wildman–Crippen LogP) is 2.78. The number of carbonyl (C=O) groups excluding carboxylic acids is 2. The molecule has 1 atom stereocenters. The zero-order chi connectivity index (χ0) is 22.1. The fraction of sp³-hybridized carbons (Fsp3) is 0.636. The molecule has 7 nitrogen and oxygen atoms in total. The van der Waals surface area contributed by atoms with Gasteiger partial charge in [0.05, 0.1) is 6.07 Å². The van der Waals surface area contributed by atoms with Crippen molar-refractivity contribution in [2.24, 2.45) is 5.41 Å². The minimum absolute atomic E-state index is 0.347. The molecule has 0 radical (unpaired) electrons. The summed E-state index contributed by atoms with van der Waals surface area (Å²) in [7, 11) is 0. The molecular weight excluding hydrogens is 404 g/mol. The summed E-state index contributed by atoms with van der Waals surface area (Å²) in [5, 5.41) is 14.3. The van der Waals surface area contributed by atoms with Gasteiger partial charge in [0, 0.05) is 38.3 Å². The Kier molecular flexibility index (Phi) is 5.58. The minimum Gasteiger partial charge on any atom is -0.336 e. The van der Waals surface area contributed by atoms with Crippen LogP contribution in [0.15, 0.2) is 24.5 Å². The number of hydrogen-bond donors (Lipinski definition) is 2. The Balaban J connectivity index is 1.42. The van der Waals surface area contributed by atoms with Crippen molar-refractivity contribution in [3.05, 3.63) is 30.1 Å². The Morgan fingerprint density at radius 1 is 1.23 bits per heavy atom. The van der Waals surface area contributed by atoms with E-state index >= 15 is 0 Å². The molecule has 9 heteroatoms. The van der Waals surface area contributed by atoms with Crippen LogP contribution in [0, 0.1) is 16.7 Å². The van der Waals surface area contributed by atoms with Crippen LogP contribution in [0.4, 0.5) is 13.6 Å². The Labute approximate surface area is 180 Å². The molecule has 0 aromatic carbocycles. The predicted molar refractivity (Wildman–Crippen MR) is 108 cm³/mol. The van der Waals surface area contributed by atoms with Gasteiger partial charge in [0.1, 0.15) is 11.6 Å². The Bertz CT molecular complexity index is 868. The van der Waals surface area contributed by atoms with Crippen LogP contribution in [0.1, 0.15) is 50.5 Å². The lowest BCUT2D eigenvalue weighted by molar-refractivity contribution is -0.126. The fourth-order valence-corrected chi connectivity index (χ4v) is 4.20. The largest absolute Gasteiger partial charge is 0.336 e. The third-order valence-electron chi connectivity index (χ3n) is 6.70. The molecule has 1 spiro atoms. The van der Waals surface area contributed by atoms with E-state index in [1.807, 2.05) is 6.07 Å². The molecule has 2 aliphatic carbocycles. The number of alkyl halides is 2. The maximum absolute atomic E-state index is 14.8. The van der Waals surface area contributed by atoms with E-state index in [-0.39, 0.29) is 0 Å². The smallest absolute Gasteiger partial charge is 0.318 e. The van der Waals surface area contributed by atoms with E-state index in [1.165, 1.54) is 25.2 Å². The number of piperidine rings is 1. The SMILES string of the molecule is N#CC1(NC(=O)C(CC(F)(F)Cc2cccnc2)NC(=O)N2CCC3(CC2)CC3)CC1. The van der Waals surface area contributed by atoms with Crippen LogP contribution in [0.2, 0.25) is 0 Å². The van der Waals surface area contributed by atoms with Crippen molar-refractivity contribution in [1.82, 2.24) is 20.5 Å². The van der Waals surface area contributed by atoms with Crippen molar-refractivity contribution < 1.29 is 18.4 Å². The van der Waals surface area contributed by atoms with Crippen LogP contribution in [0.3, 0.4) is 0 Å². The first kappa shape index (κ1) is 21.5. The first-order valence-corrected chi connectivity index (χ1v) is 10.8. The summed E-state index contributed by atoms with van der Waals surface area (Å²) in [5.74, 6) is -3.98. The summed E-state index contributed by atoms with van der Waals surface area (Å²) in [5.41, 5.74) is -0.281. The molecule has 0 bridgehead atoms. The number of nitrogens with one attached hydrogen (secondary N) is 2. The number of carbonyl (C=O) groups is 2. The second kappa shape index (κ2) is 8.06. The highest BCUT2D eigenvalue weighted by atomic mass is 19.3. The Morgan fingerprint density at radius 2 is 1.94 bits per heavy atom. The Morgan fingerprint density at radius 3 is 2.48 bits per heavy atom. The lowest BCUT2D eigenvalue weighted by atomic mass is 9.94. The van der Waals surface area contributed by atoms with Crippen LogP contribution in [0.25, 0.3) is 0 Å². The van der Waals surface area contributed by atoms with Crippen molar-refractivity contribution in [2.75, 3.05) is 13.1 Å². The molecule has 166 valence electrons. The van der Waals surface area contributed by atoms with Crippen molar-refractivity contribution in [1.29, 1.82) is 5.26 Å². The van der Waals surface area contributed by atoms with Gasteiger partial charge in [-0.15, -0.1) is 0 Å². The fourth-order valence-electron chi connectivity index (χ4n) is 4.20. The zero-order valence-electron chi connectivity index (χ0n) is 17.4. The lowest BCUT2D eigenvalue weighted by Gasteiger charge is -2.34. The molecule has 31 heavy (non-hydrogen) atoms. The van der Waals surface area contributed by atoms with Gasteiger partial charge < -0.3 is 15.5 Å². The maximum atomic E-state index is 14.8. The van der Waals surface area contributed by atoms with Crippen LogP contribution in [-0.2, 0) is 11.2 Å². The Hall–Kier alpha value is -2.76. The molecule has 2 saturated carbocycles. The monoisotopic (exact) mass is 431 g/mol. The first-order valence-electron chi connectivity index (χ1n) is 10.8. The third-order valence-corrected chi connectivity index (χ3v) is 6.70. The van der Waals surface area contributed by atoms with Gasteiger partial charge >= 0.3 is 6.03 Å². The summed E-state index contributed by atoms with van der Waals surface area (Å²) < 4.78 is 29.6. The molecule has 3 fully saturated rings. The zero-order valence-corrected chi connectivity index (χ0v) is 17.4. The number of pyridine rings is 1. The normalized spacial score (nSPS) is 21.6. The molecule has 1 aliphatic heterocycles. The van der Waals surface area contributed by atoms with Crippen LogP contribution >= 0.6 is 0 Å². The van der Waals surface area contributed by atoms with Gasteiger partial charge in [-0.25, -0.2) is 13.6 Å². The van der Waals surface area contributed by atoms with Crippen LogP contribution < -0.4 is 10.6 Å². The van der Waals surface area contributed by atoms with E-state index in [0.29, 0.717) is 36.9 Å². The third kappa shape index (κ3) is 5.30. The molecular formula is C22H27F2N5O2. The van der Waals surface area contributed by atoms with E-state index in [1.54, 1.807) is 17.0 Å². The summed E-state index contributed by atoms with van der Waals surface area (Å²) in [6, 6.07) is 3.21. The van der Waals surface area contributed by atoms with Gasteiger partial charge in [0.2, 0.25) is 5.91 Å². The molecule has 2 heterocycles. The molecule has 2 N–H and O–H groups in total. The number of urea groups is 1. The van der Waals surface area contributed by atoms with Gasteiger partial charge in [0.15, 0.2) is 0 Å². The maximum Gasteiger partial charge on any atom is 0.318 e. The number of amides is 3. The number of rotatable bonds is 7. The highest BCUT2D eigenvalue weighted by Gasteiger charge is 2.48. The van der Waals surface area contributed by atoms with Gasteiger partial charge in [-0.3, -0.25) is 9.78 Å². The van der Waals surface area contributed by atoms with E-state index in [0.717, 1.165) is 12.8 Å². The first-order chi connectivity index (χ1) is 14.7. The van der Waals surface area contributed by atoms with Gasteiger partial charge in [-0.1, -0.05) is 6.07 Å². The van der Waals surface area contributed by atoms with Crippen molar-refractivity contribution in [2.45, 2.75) is 68.9 Å². The second-order valence-electron chi connectivity index (χ2n) is 9.27. The average Bonchev–Trinajstić information content (AvgIpc) is 3.67. The molecule has 1 aromatic heterocycles. The lowest BCUT2D eigenvalue weighted by Crippen LogP contribution is -2.56. The van der Waals surface area contributed by atoms with E-state index < -0.39 is 42.3 Å². The van der Waals surface area contributed by atoms with Crippen molar-refractivity contribution >= 4 is 11.9 Å². The standard InChI is InChI=1S/C22H27F2N5O2/c23-22(24,12-16-2-1-9-26-14-16)13-17(18(30)28-21(15-25)5-6-21)27-19(31)29-10-7-20(3-4-20)8-11-29/h1-2,9,14,17H,3-8,10-13H2,(H,27,31)(H,28,30). The van der Waals surface area contributed by atoms with E-state index in [2.05, 4.69) is 15.6 Å². The van der Waals surface area contributed by atoms with E-state index in [9.17, 15) is 23.6 Å². The molecule has 3 aliphatic rings. The number of aromatic nitrogens is 1. The highest BCUT2D eigenvalue weighted by molar-refractivity contribution is 5.88.